The molecule has 0 unspecified atom stereocenters. The van der Waals surface area contributed by atoms with Gasteiger partial charge in [-0.15, -0.1) is 0 Å². The number of likely N-dealkylation sites (tertiary alicyclic amines) is 1. The molecule has 0 saturated carbocycles. The Kier molecular flexibility index (Phi) is 4.72. The molecule has 2 amide bonds. The number of hydrogen-bond donors (Lipinski definition) is 1. The van der Waals surface area contributed by atoms with Gasteiger partial charge in [-0.2, -0.15) is 5.10 Å². The summed E-state index contributed by atoms with van der Waals surface area (Å²) in [5.41, 5.74) is 3.20. The maximum absolute atomic E-state index is 13.1. The van der Waals surface area contributed by atoms with Gasteiger partial charge in [-0.3, -0.25) is 14.3 Å². The molecule has 2 aromatic rings. The van der Waals surface area contributed by atoms with E-state index < -0.39 is 5.54 Å². The Morgan fingerprint density at radius 1 is 1.21 bits per heavy atom. The van der Waals surface area contributed by atoms with Crippen molar-refractivity contribution >= 4 is 11.8 Å². The van der Waals surface area contributed by atoms with E-state index in [0.29, 0.717) is 51.1 Å². The number of aryl methyl sites for hydroxylation is 2. The SMILES string of the molecule is CCC(=O)N1CCc2[nH]cnc2C12CCN(C(=O)c1cc(C)nn1CC)CC2. The van der Waals surface area contributed by atoms with E-state index in [4.69, 9.17) is 0 Å². The van der Waals surface area contributed by atoms with E-state index in [2.05, 4.69) is 15.1 Å². The van der Waals surface area contributed by atoms with Crippen molar-refractivity contribution in [2.24, 2.45) is 0 Å². The van der Waals surface area contributed by atoms with Gasteiger partial charge in [-0.1, -0.05) is 6.92 Å². The number of carbonyl (C=O) groups excluding carboxylic acids is 2. The zero-order chi connectivity index (χ0) is 19.9. The monoisotopic (exact) mass is 384 g/mol. The quantitative estimate of drug-likeness (QED) is 0.875. The maximum atomic E-state index is 13.1. The Morgan fingerprint density at radius 2 is 1.96 bits per heavy atom. The molecular formula is C20H28N6O2. The van der Waals surface area contributed by atoms with E-state index in [1.165, 1.54) is 0 Å². The van der Waals surface area contributed by atoms with Crippen molar-refractivity contribution in [1.82, 2.24) is 29.5 Å². The van der Waals surface area contributed by atoms with Gasteiger partial charge in [-0.25, -0.2) is 4.98 Å². The van der Waals surface area contributed by atoms with Crippen LogP contribution in [-0.2, 0) is 23.3 Å². The van der Waals surface area contributed by atoms with Crippen molar-refractivity contribution in [3.63, 3.8) is 0 Å². The Morgan fingerprint density at radius 3 is 2.64 bits per heavy atom. The van der Waals surface area contributed by atoms with Crippen LogP contribution in [0.1, 0.15) is 60.7 Å². The number of amides is 2. The standard InChI is InChI=1S/C20H28N6O2/c1-4-17(27)25-9-6-15-18(22-13-21-15)20(25)7-10-24(11-8-20)19(28)16-12-14(3)23-26(16)5-2/h12-13H,4-11H2,1-3H3,(H,21,22). The molecule has 150 valence electrons. The molecule has 1 saturated heterocycles. The molecule has 0 aromatic carbocycles. The summed E-state index contributed by atoms with van der Waals surface area (Å²) in [7, 11) is 0. The molecule has 2 aliphatic heterocycles. The van der Waals surface area contributed by atoms with Crippen molar-refractivity contribution in [3.05, 3.63) is 35.2 Å². The molecule has 0 aliphatic carbocycles. The van der Waals surface area contributed by atoms with E-state index in [1.54, 1.807) is 11.0 Å². The number of aromatic amines is 1. The third-order valence-electron chi connectivity index (χ3n) is 6.16. The van der Waals surface area contributed by atoms with Crippen LogP contribution in [0.15, 0.2) is 12.4 Å². The highest BCUT2D eigenvalue weighted by Gasteiger charge is 2.48. The van der Waals surface area contributed by atoms with Crippen LogP contribution in [0.5, 0.6) is 0 Å². The van der Waals surface area contributed by atoms with E-state index in [1.807, 2.05) is 36.6 Å². The zero-order valence-electron chi connectivity index (χ0n) is 16.9. The first-order valence-electron chi connectivity index (χ1n) is 10.2. The lowest BCUT2D eigenvalue weighted by molar-refractivity contribution is -0.141. The Bertz CT molecular complexity index is 890. The van der Waals surface area contributed by atoms with Crippen molar-refractivity contribution in [1.29, 1.82) is 0 Å². The molecule has 8 heteroatoms. The third kappa shape index (κ3) is 2.82. The minimum Gasteiger partial charge on any atom is -0.348 e. The van der Waals surface area contributed by atoms with Crippen LogP contribution >= 0.6 is 0 Å². The first-order chi connectivity index (χ1) is 13.5. The number of rotatable bonds is 3. The summed E-state index contributed by atoms with van der Waals surface area (Å²) in [6, 6.07) is 1.86. The van der Waals surface area contributed by atoms with E-state index >= 15 is 0 Å². The highest BCUT2D eigenvalue weighted by Crippen LogP contribution is 2.42. The molecule has 0 bridgehead atoms. The fourth-order valence-electron chi connectivity index (χ4n) is 4.74. The molecule has 0 atom stereocenters. The van der Waals surface area contributed by atoms with Gasteiger partial charge in [0.2, 0.25) is 5.91 Å². The van der Waals surface area contributed by atoms with Crippen molar-refractivity contribution < 1.29 is 9.59 Å². The van der Waals surface area contributed by atoms with Crippen LogP contribution in [-0.4, -0.2) is 61.0 Å². The van der Waals surface area contributed by atoms with Gasteiger partial charge in [0, 0.05) is 44.7 Å². The van der Waals surface area contributed by atoms with E-state index in [-0.39, 0.29) is 11.8 Å². The van der Waals surface area contributed by atoms with Gasteiger partial charge in [-0.05, 0) is 32.8 Å². The number of aromatic nitrogens is 4. The van der Waals surface area contributed by atoms with Gasteiger partial charge in [0.05, 0.1) is 23.3 Å². The average molecular weight is 384 g/mol. The Balaban J connectivity index is 1.59. The minimum atomic E-state index is -0.404. The maximum Gasteiger partial charge on any atom is 0.272 e. The fourth-order valence-corrected chi connectivity index (χ4v) is 4.74. The molecule has 28 heavy (non-hydrogen) atoms. The number of nitrogens with zero attached hydrogens (tertiary/aromatic N) is 5. The summed E-state index contributed by atoms with van der Waals surface area (Å²) in [6.45, 7) is 8.38. The van der Waals surface area contributed by atoms with Crippen LogP contribution < -0.4 is 0 Å². The van der Waals surface area contributed by atoms with Gasteiger partial charge in [0.15, 0.2) is 0 Å². The van der Waals surface area contributed by atoms with Crippen LogP contribution in [0, 0.1) is 6.92 Å². The summed E-state index contributed by atoms with van der Waals surface area (Å²) < 4.78 is 1.77. The fraction of sp³-hybridized carbons (Fsp3) is 0.600. The summed E-state index contributed by atoms with van der Waals surface area (Å²) in [6.07, 6.45) is 4.44. The first kappa shape index (κ1) is 18.7. The molecule has 0 radical (unpaired) electrons. The number of nitrogens with one attached hydrogen (secondary N) is 1. The molecule has 4 heterocycles. The molecule has 4 rings (SSSR count). The Labute approximate surface area is 164 Å². The summed E-state index contributed by atoms with van der Waals surface area (Å²) >= 11 is 0. The molecule has 8 nitrogen and oxygen atoms in total. The summed E-state index contributed by atoms with van der Waals surface area (Å²) in [4.78, 5) is 37.5. The van der Waals surface area contributed by atoms with Crippen LogP contribution in [0.3, 0.4) is 0 Å². The van der Waals surface area contributed by atoms with E-state index in [0.717, 1.165) is 23.5 Å². The van der Waals surface area contributed by atoms with Gasteiger partial charge in [0.25, 0.3) is 5.91 Å². The largest absolute Gasteiger partial charge is 0.348 e. The molecule has 2 aliphatic rings. The predicted molar refractivity (Wildman–Crippen MR) is 104 cm³/mol. The lowest BCUT2D eigenvalue weighted by Gasteiger charge is -2.50. The van der Waals surface area contributed by atoms with Crippen LogP contribution in [0.25, 0.3) is 0 Å². The summed E-state index contributed by atoms with van der Waals surface area (Å²) in [5.74, 6) is 0.178. The lowest BCUT2D eigenvalue weighted by Crippen LogP contribution is -2.58. The number of fused-ring (bicyclic) bond motifs is 2. The molecule has 1 spiro atoms. The highest BCUT2D eigenvalue weighted by molar-refractivity contribution is 5.92. The Hall–Kier alpha value is -2.64. The normalized spacial score (nSPS) is 18.4. The molecule has 1 fully saturated rings. The van der Waals surface area contributed by atoms with Crippen LogP contribution in [0.2, 0.25) is 0 Å². The van der Waals surface area contributed by atoms with Crippen molar-refractivity contribution in [3.8, 4) is 0 Å². The zero-order valence-corrected chi connectivity index (χ0v) is 16.9. The van der Waals surface area contributed by atoms with Gasteiger partial charge in [0.1, 0.15) is 5.69 Å². The van der Waals surface area contributed by atoms with Crippen molar-refractivity contribution in [2.75, 3.05) is 19.6 Å². The molecule has 1 N–H and O–H groups in total. The second-order valence-electron chi connectivity index (χ2n) is 7.69. The molecule has 2 aromatic heterocycles. The first-order valence-corrected chi connectivity index (χ1v) is 10.2. The number of carbonyl (C=O) groups is 2. The average Bonchev–Trinajstić information content (AvgIpc) is 3.34. The minimum absolute atomic E-state index is 0.0173. The topological polar surface area (TPSA) is 87.1 Å². The van der Waals surface area contributed by atoms with Crippen LogP contribution in [0.4, 0.5) is 0 Å². The number of imidazole rings is 1. The lowest BCUT2D eigenvalue weighted by atomic mass is 9.78. The second-order valence-corrected chi connectivity index (χ2v) is 7.69. The van der Waals surface area contributed by atoms with Gasteiger partial charge < -0.3 is 14.8 Å². The van der Waals surface area contributed by atoms with Gasteiger partial charge >= 0.3 is 0 Å². The number of piperidine rings is 1. The summed E-state index contributed by atoms with van der Waals surface area (Å²) in [5, 5.41) is 4.40. The van der Waals surface area contributed by atoms with E-state index in [9.17, 15) is 9.59 Å². The second kappa shape index (κ2) is 7.07. The molecular weight excluding hydrogens is 356 g/mol. The van der Waals surface area contributed by atoms with Crippen molar-refractivity contribution in [2.45, 2.75) is 58.5 Å². The third-order valence-corrected chi connectivity index (χ3v) is 6.16. The number of H-pyrrole nitrogens is 1. The smallest absolute Gasteiger partial charge is 0.272 e. The predicted octanol–water partition coefficient (Wildman–Crippen LogP) is 1.86. The highest BCUT2D eigenvalue weighted by atomic mass is 16.2. The number of hydrogen-bond acceptors (Lipinski definition) is 4.